The van der Waals surface area contributed by atoms with E-state index in [1.165, 1.54) is 6.08 Å². The van der Waals surface area contributed by atoms with Gasteiger partial charge in [-0.25, -0.2) is 0 Å². The van der Waals surface area contributed by atoms with Crippen LogP contribution >= 0.6 is 0 Å². The van der Waals surface area contributed by atoms with Crippen LogP contribution in [0.5, 0.6) is 0 Å². The summed E-state index contributed by atoms with van der Waals surface area (Å²) in [5.74, 6) is 0. The molecule has 1 rings (SSSR count). The average Bonchev–Trinajstić information content (AvgIpc) is 2.41. The van der Waals surface area contributed by atoms with E-state index in [0.717, 1.165) is 25.9 Å². The summed E-state index contributed by atoms with van der Waals surface area (Å²) in [5, 5.41) is 0. The fraction of sp³-hybridized carbons (Fsp3) is 0.625. The summed E-state index contributed by atoms with van der Waals surface area (Å²) in [6.45, 7) is 0.878. The molecule has 55 valence electrons. The van der Waals surface area contributed by atoms with E-state index >= 15 is 0 Å². The van der Waals surface area contributed by atoms with E-state index in [2.05, 4.69) is 0 Å². The molecule has 2 heteroatoms. The van der Waals surface area contributed by atoms with Gasteiger partial charge in [0.15, 0.2) is 0 Å². The maximum absolute atomic E-state index is 9.73. The molecule has 1 fully saturated rings. The second kappa shape index (κ2) is 4.23. The summed E-state index contributed by atoms with van der Waals surface area (Å²) in [5.41, 5.74) is 0. The van der Waals surface area contributed by atoms with E-state index in [1.807, 2.05) is 6.08 Å². The summed E-state index contributed by atoms with van der Waals surface area (Å²) in [4.78, 5) is 9.73. The van der Waals surface area contributed by atoms with Crippen LogP contribution in [0.2, 0.25) is 0 Å². The van der Waals surface area contributed by atoms with Crippen molar-refractivity contribution in [2.45, 2.75) is 25.4 Å². The Balaban J connectivity index is 2.12. The van der Waals surface area contributed by atoms with Crippen LogP contribution in [0.25, 0.3) is 0 Å². The van der Waals surface area contributed by atoms with Crippen molar-refractivity contribution in [2.75, 3.05) is 6.61 Å². The minimum Gasteiger partial charge on any atom is -0.378 e. The zero-order valence-electron chi connectivity index (χ0n) is 5.88. The Bertz CT molecular complexity index is 123. The van der Waals surface area contributed by atoms with Gasteiger partial charge >= 0.3 is 0 Å². The standard InChI is InChI=1S/C8H11O2/c9-6-2-1-4-8-5-3-7-10-8/h1-2,8H,3-5,7H2. The van der Waals surface area contributed by atoms with Gasteiger partial charge in [0, 0.05) is 6.61 Å². The number of allylic oxidation sites excluding steroid dienone is 1. The third-order valence-electron chi connectivity index (χ3n) is 1.61. The quantitative estimate of drug-likeness (QED) is 0.549. The lowest BCUT2D eigenvalue weighted by molar-refractivity contribution is 0.113. The van der Waals surface area contributed by atoms with Gasteiger partial charge in [0.25, 0.3) is 0 Å². The zero-order valence-corrected chi connectivity index (χ0v) is 5.88. The van der Waals surface area contributed by atoms with Crippen LogP contribution in [0.1, 0.15) is 19.3 Å². The largest absolute Gasteiger partial charge is 0.378 e. The third kappa shape index (κ3) is 2.31. The molecule has 1 unspecified atom stereocenters. The Morgan fingerprint density at radius 3 is 3.20 bits per heavy atom. The Kier molecular flexibility index (Phi) is 3.16. The van der Waals surface area contributed by atoms with Gasteiger partial charge in [-0.2, -0.15) is 0 Å². The number of ether oxygens (including phenoxy) is 1. The first-order chi connectivity index (χ1) is 4.93. The fourth-order valence-corrected chi connectivity index (χ4v) is 1.10. The van der Waals surface area contributed by atoms with Crippen molar-refractivity contribution in [1.82, 2.24) is 0 Å². The SMILES string of the molecule is O=[C]C=CCC1CCCO1. The highest BCUT2D eigenvalue weighted by atomic mass is 16.5. The lowest BCUT2D eigenvalue weighted by Crippen LogP contribution is -2.01. The Morgan fingerprint density at radius 1 is 1.70 bits per heavy atom. The van der Waals surface area contributed by atoms with Gasteiger partial charge in [0.2, 0.25) is 6.29 Å². The number of hydrogen-bond acceptors (Lipinski definition) is 2. The number of carbonyl (C=O) groups excluding carboxylic acids is 1. The maximum atomic E-state index is 9.73. The first kappa shape index (κ1) is 7.48. The molecule has 0 saturated carbocycles. The first-order valence-corrected chi connectivity index (χ1v) is 3.58. The third-order valence-corrected chi connectivity index (χ3v) is 1.61. The molecule has 0 spiro atoms. The fourth-order valence-electron chi connectivity index (χ4n) is 1.10. The lowest BCUT2D eigenvalue weighted by Gasteiger charge is -2.02. The smallest absolute Gasteiger partial charge is 0.225 e. The first-order valence-electron chi connectivity index (χ1n) is 3.58. The van der Waals surface area contributed by atoms with Crippen LogP contribution in [0.4, 0.5) is 0 Å². The van der Waals surface area contributed by atoms with Gasteiger partial charge in [0.05, 0.1) is 6.10 Å². The summed E-state index contributed by atoms with van der Waals surface area (Å²) in [6.07, 6.45) is 8.41. The molecule has 2 nitrogen and oxygen atoms in total. The molecule has 10 heavy (non-hydrogen) atoms. The van der Waals surface area contributed by atoms with Gasteiger partial charge in [-0.15, -0.1) is 0 Å². The molecule has 1 radical (unpaired) electrons. The Labute approximate surface area is 60.9 Å². The highest BCUT2D eigenvalue weighted by Crippen LogP contribution is 2.14. The van der Waals surface area contributed by atoms with Gasteiger partial charge in [-0.1, -0.05) is 6.08 Å². The summed E-state index contributed by atoms with van der Waals surface area (Å²) in [7, 11) is 0. The molecule has 0 aromatic heterocycles. The summed E-state index contributed by atoms with van der Waals surface area (Å²) in [6, 6.07) is 0. The van der Waals surface area contributed by atoms with Crippen LogP contribution < -0.4 is 0 Å². The molecule has 0 N–H and O–H groups in total. The maximum Gasteiger partial charge on any atom is 0.225 e. The zero-order chi connectivity index (χ0) is 7.23. The van der Waals surface area contributed by atoms with Crippen molar-refractivity contribution in [2.24, 2.45) is 0 Å². The average molecular weight is 139 g/mol. The Hall–Kier alpha value is -0.630. The van der Waals surface area contributed by atoms with E-state index in [-0.39, 0.29) is 0 Å². The molecular weight excluding hydrogens is 128 g/mol. The molecule has 1 saturated heterocycles. The van der Waals surface area contributed by atoms with Crippen LogP contribution in [0, 0.1) is 0 Å². The highest BCUT2D eigenvalue weighted by molar-refractivity contribution is 5.65. The number of hydrogen-bond donors (Lipinski definition) is 0. The van der Waals surface area contributed by atoms with E-state index < -0.39 is 0 Å². The number of rotatable bonds is 3. The van der Waals surface area contributed by atoms with Crippen molar-refractivity contribution in [3.05, 3.63) is 12.2 Å². The van der Waals surface area contributed by atoms with Gasteiger partial charge in [-0.05, 0) is 25.3 Å². The topological polar surface area (TPSA) is 26.3 Å². The minimum absolute atomic E-state index is 0.351. The Morgan fingerprint density at radius 2 is 2.60 bits per heavy atom. The van der Waals surface area contributed by atoms with Crippen molar-refractivity contribution in [1.29, 1.82) is 0 Å². The van der Waals surface area contributed by atoms with E-state index in [0.29, 0.717) is 6.10 Å². The van der Waals surface area contributed by atoms with Crippen LogP contribution in [0.15, 0.2) is 12.2 Å². The van der Waals surface area contributed by atoms with Crippen LogP contribution in [-0.2, 0) is 9.53 Å². The lowest BCUT2D eigenvalue weighted by atomic mass is 10.2. The molecule has 1 aliphatic heterocycles. The van der Waals surface area contributed by atoms with Crippen molar-refractivity contribution < 1.29 is 9.53 Å². The second-order valence-corrected chi connectivity index (χ2v) is 2.39. The van der Waals surface area contributed by atoms with E-state index in [9.17, 15) is 4.79 Å². The summed E-state index contributed by atoms with van der Waals surface area (Å²) < 4.78 is 5.32. The van der Waals surface area contributed by atoms with Crippen molar-refractivity contribution in [3.8, 4) is 0 Å². The molecule has 0 amide bonds. The van der Waals surface area contributed by atoms with Crippen LogP contribution in [-0.4, -0.2) is 19.0 Å². The molecule has 1 heterocycles. The van der Waals surface area contributed by atoms with Gasteiger partial charge < -0.3 is 4.74 Å². The molecule has 1 atom stereocenters. The highest BCUT2D eigenvalue weighted by Gasteiger charge is 2.12. The van der Waals surface area contributed by atoms with E-state index in [4.69, 9.17) is 4.74 Å². The molecule has 0 aliphatic carbocycles. The van der Waals surface area contributed by atoms with E-state index in [1.54, 1.807) is 6.29 Å². The summed E-state index contributed by atoms with van der Waals surface area (Å²) >= 11 is 0. The molecule has 0 aromatic carbocycles. The predicted molar refractivity (Wildman–Crippen MR) is 38.4 cm³/mol. The molecule has 0 bridgehead atoms. The normalized spacial score (nSPS) is 25.8. The van der Waals surface area contributed by atoms with Gasteiger partial charge in [-0.3, -0.25) is 4.79 Å². The molecule has 0 aromatic rings. The monoisotopic (exact) mass is 139 g/mol. The van der Waals surface area contributed by atoms with Crippen LogP contribution in [0.3, 0.4) is 0 Å². The predicted octanol–water partition coefficient (Wildman–Crippen LogP) is 1.22. The molecular formula is C8H11O2. The van der Waals surface area contributed by atoms with Crippen molar-refractivity contribution >= 4 is 6.29 Å². The van der Waals surface area contributed by atoms with Gasteiger partial charge in [0.1, 0.15) is 0 Å². The minimum atomic E-state index is 0.351. The van der Waals surface area contributed by atoms with Crippen molar-refractivity contribution in [3.63, 3.8) is 0 Å². The molecule has 1 aliphatic rings. The second-order valence-electron chi connectivity index (χ2n) is 2.39.